The van der Waals surface area contributed by atoms with Crippen molar-refractivity contribution in [2.45, 2.75) is 26.1 Å². The molecule has 0 amide bonds. The van der Waals surface area contributed by atoms with Gasteiger partial charge in [-0.2, -0.15) is 0 Å². The van der Waals surface area contributed by atoms with E-state index in [4.69, 9.17) is 0 Å². The predicted molar refractivity (Wildman–Crippen MR) is 63.6 cm³/mol. The van der Waals surface area contributed by atoms with Crippen molar-refractivity contribution in [3.05, 3.63) is 24.3 Å². The summed E-state index contributed by atoms with van der Waals surface area (Å²) in [6, 6.07) is 0. The van der Waals surface area contributed by atoms with Gasteiger partial charge < -0.3 is 19.7 Å². The van der Waals surface area contributed by atoms with Crippen LogP contribution in [-0.4, -0.2) is 47.6 Å². The molecule has 0 aliphatic rings. The number of hydrogen-bond donors (Lipinski definition) is 2. The highest BCUT2D eigenvalue weighted by Gasteiger charge is 2.10. The maximum atomic E-state index is 10.9. The number of aliphatic hydroxyl groups excluding tert-OH is 2. The first kappa shape index (κ1) is 16.3. The first-order valence-corrected chi connectivity index (χ1v) is 5.57. The van der Waals surface area contributed by atoms with E-state index in [1.165, 1.54) is 0 Å². The third kappa shape index (κ3) is 7.59. The molecule has 0 aliphatic heterocycles. The van der Waals surface area contributed by atoms with Crippen molar-refractivity contribution in [2.24, 2.45) is 0 Å². The summed E-state index contributed by atoms with van der Waals surface area (Å²) in [6.07, 6.45) is 1.57. The zero-order valence-corrected chi connectivity index (χ0v) is 10.4. The van der Waals surface area contributed by atoms with Gasteiger partial charge in [-0.05, 0) is 26.0 Å². The van der Waals surface area contributed by atoms with Gasteiger partial charge in [0.2, 0.25) is 0 Å². The molecule has 2 N–H and O–H groups in total. The van der Waals surface area contributed by atoms with Crippen molar-refractivity contribution in [1.82, 2.24) is 0 Å². The maximum absolute atomic E-state index is 10.9. The van der Waals surface area contributed by atoms with Crippen LogP contribution in [0.4, 0.5) is 0 Å². The van der Waals surface area contributed by atoms with Crippen LogP contribution in [0.1, 0.15) is 13.8 Å². The van der Waals surface area contributed by atoms with Crippen LogP contribution in [0.25, 0.3) is 0 Å². The van der Waals surface area contributed by atoms with Crippen LogP contribution >= 0.6 is 0 Å². The van der Waals surface area contributed by atoms with Gasteiger partial charge in [-0.15, -0.1) is 0 Å². The molecule has 6 nitrogen and oxygen atoms in total. The van der Waals surface area contributed by atoms with Crippen LogP contribution in [0.3, 0.4) is 0 Å². The predicted octanol–water partition coefficient (Wildman–Crippen LogP) is -0.0532. The molecule has 0 aromatic heterocycles. The quantitative estimate of drug-likeness (QED) is 0.491. The van der Waals surface area contributed by atoms with Crippen LogP contribution in [0.2, 0.25) is 0 Å². The average Bonchev–Trinajstić information content (AvgIpc) is 2.33. The Morgan fingerprint density at radius 2 is 1.28 bits per heavy atom. The Morgan fingerprint density at radius 3 is 1.56 bits per heavy atom. The Kier molecular flexibility index (Phi) is 8.51. The molecule has 18 heavy (non-hydrogen) atoms. The number of carbonyl (C=O) groups excluding carboxylic acids is 2. The summed E-state index contributed by atoms with van der Waals surface area (Å²) in [5.74, 6) is -1.23. The molecular formula is C12H18O6. The molecule has 0 radical (unpaired) electrons. The lowest BCUT2D eigenvalue weighted by molar-refractivity contribution is -0.138. The lowest BCUT2D eigenvalue weighted by Gasteiger charge is -2.09. The molecule has 0 heterocycles. The minimum atomic E-state index is -1.31. The summed E-state index contributed by atoms with van der Waals surface area (Å²) in [4.78, 5) is 21.9. The number of hydrogen-bond acceptors (Lipinski definition) is 6. The fourth-order valence-corrected chi connectivity index (χ4v) is 0.963. The molecule has 0 bridgehead atoms. The molecule has 0 aromatic carbocycles. The van der Waals surface area contributed by atoms with E-state index in [1.807, 2.05) is 0 Å². The van der Waals surface area contributed by atoms with Crippen molar-refractivity contribution in [3.8, 4) is 0 Å². The molecule has 0 fully saturated rings. The van der Waals surface area contributed by atoms with Gasteiger partial charge in [0.25, 0.3) is 0 Å². The van der Waals surface area contributed by atoms with E-state index in [9.17, 15) is 19.8 Å². The summed E-state index contributed by atoms with van der Waals surface area (Å²) in [6.45, 7) is 3.76. The topological polar surface area (TPSA) is 93.1 Å². The van der Waals surface area contributed by atoms with E-state index in [0.29, 0.717) is 0 Å². The number of esters is 2. The molecule has 0 spiro atoms. The molecule has 6 heteroatoms. The lowest BCUT2D eigenvalue weighted by atomic mass is 10.2. The van der Waals surface area contributed by atoms with Gasteiger partial charge in [-0.3, -0.25) is 0 Å². The zero-order valence-electron chi connectivity index (χ0n) is 10.4. The second-order valence-corrected chi connectivity index (χ2v) is 3.20. The van der Waals surface area contributed by atoms with Crippen molar-refractivity contribution in [1.29, 1.82) is 0 Å². The van der Waals surface area contributed by atoms with E-state index in [2.05, 4.69) is 9.47 Å². The maximum Gasteiger partial charge on any atom is 0.330 e. The summed E-state index contributed by atoms with van der Waals surface area (Å²) in [5, 5.41) is 18.9. The van der Waals surface area contributed by atoms with E-state index >= 15 is 0 Å². The Bertz CT molecular complexity index is 289. The fourth-order valence-electron chi connectivity index (χ4n) is 0.963. The van der Waals surface area contributed by atoms with Crippen molar-refractivity contribution in [3.63, 3.8) is 0 Å². The van der Waals surface area contributed by atoms with E-state index in [-0.39, 0.29) is 13.2 Å². The fraction of sp³-hybridized carbons (Fsp3) is 0.500. The second-order valence-electron chi connectivity index (χ2n) is 3.20. The van der Waals surface area contributed by atoms with Crippen LogP contribution in [0.15, 0.2) is 24.3 Å². The minimum absolute atomic E-state index is 0.227. The van der Waals surface area contributed by atoms with Gasteiger partial charge in [-0.25, -0.2) is 9.59 Å². The average molecular weight is 258 g/mol. The van der Waals surface area contributed by atoms with E-state index in [1.54, 1.807) is 13.8 Å². The molecule has 0 aliphatic carbocycles. The molecule has 0 unspecified atom stereocenters. The lowest BCUT2D eigenvalue weighted by Crippen LogP contribution is -2.22. The smallest absolute Gasteiger partial charge is 0.330 e. The molecule has 0 aromatic rings. The highest BCUT2D eigenvalue weighted by molar-refractivity contribution is 5.82. The van der Waals surface area contributed by atoms with Crippen molar-refractivity contribution in [2.75, 3.05) is 13.2 Å². The van der Waals surface area contributed by atoms with Gasteiger partial charge in [0.15, 0.2) is 0 Å². The van der Waals surface area contributed by atoms with Crippen LogP contribution in [0.5, 0.6) is 0 Å². The molecular weight excluding hydrogens is 240 g/mol. The summed E-state index contributed by atoms with van der Waals surface area (Å²) in [5.41, 5.74) is 0. The number of rotatable bonds is 7. The molecule has 0 saturated heterocycles. The highest BCUT2D eigenvalue weighted by Crippen LogP contribution is 1.99. The normalized spacial score (nSPS) is 14.7. The van der Waals surface area contributed by atoms with Gasteiger partial charge in [0.1, 0.15) is 12.2 Å². The monoisotopic (exact) mass is 258 g/mol. The van der Waals surface area contributed by atoms with Gasteiger partial charge in [0.05, 0.1) is 13.2 Å². The minimum Gasteiger partial charge on any atom is -0.463 e. The van der Waals surface area contributed by atoms with E-state index < -0.39 is 24.1 Å². The number of ether oxygens (including phenoxy) is 2. The zero-order chi connectivity index (χ0) is 14.0. The number of aliphatic hydroxyl groups is 2. The summed E-state index contributed by atoms with van der Waals surface area (Å²) >= 11 is 0. The van der Waals surface area contributed by atoms with E-state index in [0.717, 1.165) is 24.3 Å². The van der Waals surface area contributed by atoms with Crippen molar-refractivity contribution < 1.29 is 29.3 Å². The third-order valence-electron chi connectivity index (χ3n) is 1.78. The molecule has 0 rings (SSSR count). The molecule has 102 valence electrons. The Morgan fingerprint density at radius 1 is 0.944 bits per heavy atom. The largest absolute Gasteiger partial charge is 0.463 e. The van der Waals surface area contributed by atoms with Gasteiger partial charge >= 0.3 is 11.9 Å². The molecule has 2 atom stereocenters. The highest BCUT2D eigenvalue weighted by atomic mass is 16.5. The third-order valence-corrected chi connectivity index (χ3v) is 1.78. The van der Waals surface area contributed by atoms with Gasteiger partial charge in [0, 0.05) is 12.2 Å². The summed E-state index contributed by atoms with van der Waals surface area (Å²) in [7, 11) is 0. The SMILES string of the molecule is CCOC(=O)/C=C/[C@H](O)[C@@H](O)/C=C/C(=O)OCC. The standard InChI is InChI=1S/C12H18O6/c1-3-17-11(15)7-5-9(13)10(14)6-8-12(16)18-4-2/h5-10,13-14H,3-4H2,1-2H3/b7-5+,8-6+/t9-,10-/m0/s1. The molecule has 0 saturated carbocycles. The van der Waals surface area contributed by atoms with Crippen LogP contribution in [-0.2, 0) is 19.1 Å². The first-order chi connectivity index (χ1) is 8.51. The second kappa shape index (κ2) is 9.38. The Hall–Kier alpha value is -1.66. The Balaban J connectivity index is 4.21. The first-order valence-electron chi connectivity index (χ1n) is 5.57. The van der Waals surface area contributed by atoms with Crippen LogP contribution < -0.4 is 0 Å². The number of carbonyl (C=O) groups is 2. The van der Waals surface area contributed by atoms with Crippen LogP contribution in [0, 0.1) is 0 Å². The summed E-state index contributed by atoms with van der Waals surface area (Å²) < 4.78 is 9.18. The van der Waals surface area contributed by atoms with Crippen molar-refractivity contribution >= 4 is 11.9 Å². The van der Waals surface area contributed by atoms with Gasteiger partial charge in [-0.1, -0.05) is 0 Å². The Labute approximate surface area is 106 Å².